The van der Waals surface area contributed by atoms with Gasteiger partial charge in [0, 0.05) is 24.1 Å². The maximum atomic E-state index is 5.64. The molecule has 15 heavy (non-hydrogen) atoms. The summed E-state index contributed by atoms with van der Waals surface area (Å²) >= 11 is 0. The molecule has 0 saturated carbocycles. The van der Waals surface area contributed by atoms with E-state index in [2.05, 4.69) is 4.57 Å². The van der Waals surface area contributed by atoms with Gasteiger partial charge in [-0.3, -0.25) is 0 Å². The van der Waals surface area contributed by atoms with Gasteiger partial charge in [0.05, 0.1) is 7.11 Å². The van der Waals surface area contributed by atoms with Crippen LogP contribution in [0.4, 0.5) is 0 Å². The van der Waals surface area contributed by atoms with Gasteiger partial charge in [-0.05, 0) is 36.4 Å². The van der Waals surface area contributed by atoms with Gasteiger partial charge < -0.3 is 15.0 Å². The molecule has 1 aromatic heterocycles. The van der Waals surface area contributed by atoms with Crippen LogP contribution in [0.3, 0.4) is 0 Å². The second-order valence-corrected chi connectivity index (χ2v) is 3.27. The molecule has 0 saturated heterocycles. The van der Waals surface area contributed by atoms with Crippen molar-refractivity contribution in [2.24, 2.45) is 5.73 Å². The van der Waals surface area contributed by atoms with E-state index in [1.54, 1.807) is 7.11 Å². The third-order valence-corrected chi connectivity index (χ3v) is 2.39. The number of methoxy groups -OCH3 is 1. The molecule has 78 valence electrons. The fraction of sp³-hybridized carbons (Fsp3) is 0.167. The van der Waals surface area contributed by atoms with Crippen LogP contribution in [-0.4, -0.2) is 11.7 Å². The lowest BCUT2D eigenvalue weighted by atomic mass is 10.3. The van der Waals surface area contributed by atoms with Crippen LogP contribution >= 0.6 is 0 Å². The largest absolute Gasteiger partial charge is 0.497 e. The first kappa shape index (κ1) is 9.80. The third-order valence-electron chi connectivity index (χ3n) is 2.39. The number of hydrogen-bond donors (Lipinski definition) is 1. The van der Waals surface area contributed by atoms with Crippen LogP contribution in [0, 0.1) is 0 Å². The van der Waals surface area contributed by atoms with Crippen LogP contribution < -0.4 is 10.5 Å². The molecule has 0 aliphatic carbocycles. The van der Waals surface area contributed by atoms with Crippen LogP contribution in [0.25, 0.3) is 5.69 Å². The van der Waals surface area contributed by atoms with Crippen LogP contribution in [-0.2, 0) is 6.54 Å². The Hall–Kier alpha value is -1.74. The van der Waals surface area contributed by atoms with E-state index in [9.17, 15) is 0 Å². The average molecular weight is 202 g/mol. The molecule has 0 amide bonds. The molecule has 1 aromatic carbocycles. The van der Waals surface area contributed by atoms with Gasteiger partial charge in [-0.25, -0.2) is 0 Å². The van der Waals surface area contributed by atoms with Crippen LogP contribution in [0.1, 0.15) is 5.69 Å². The van der Waals surface area contributed by atoms with Crippen molar-refractivity contribution in [1.82, 2.24) is 4.57 Å². The monoisotopic (exact) mass is 202 g/mol. The predicted molar refractivity (Wildman–Crippen MR) is 60.2 cm³/mol. The average Bonchev–Trinajstić information content (AvgIpc) is 2.77. The number of nitrogens with zero attached hydrogens (tertiary/aromatic N) is 1. The summed E-state index contributed by atoms with van der Waals surface area (Å²) in [6.45, 7) is 0.541. The lowest BCUT2D eigenvalue weighted by molar-refractivity contribution is 0.414. The van der Waals surface area contributed by atoms with Crippen LogP contribution in [0.15, 0.2) is 42.6 Å². The third kappa shape index (κ3) is 1.87. The van der Waals surface area contributed by atoms with Crippen molar-refractivity contribution in [3.8, 4) is 11.4 Å². The quantitative estimate of drug-likeness (QED) is 0.826. The highest BCUT2D eigenvalue weighted by molar-refractivity contribution is 5.39. The number of ether oxygens (including phenoxy) is 1. The minimum absolute atomic E-state index is 0.541. The van der Waals surface area contributed by atoms with Crippen molar-refractivity contribution < 1.29 is 4.74 Å². The van der Waals surface area contributed by atoms with Crippen molar-refractivity contribution in [2.75, 3.05) is 7.11 Å². The molecule has 0 fully saturated rings. The van der Waals surface area contributed by atoms with E-state index in [4.69, 9.17) is 10.5 Å². The molecule has 0 spiro atoms. The number of hydrogen-bond acceptors (Lipinski definition) is 2. The van der Waals surface area contributed by atoms with E-state index in [1.165, 1.54) is 0 Å². The smallest absolute Gasteiger partial charge is 0.119 e. The first-order chi connectivity index (χ1) is 7.35. The summed E-state index contributed by atoms with van der Waals surface area (Å²) in [6, 6.07) is 11.9. The van der Waals surface area contributed by atoms with Crippen molar-refractivity contribution >= 4 is 0 Å². The Bertz CT molecular complexity index is 431. The molecule has 0 radical (unpaired) electrons. The highest BCUT2D eigenvalue weighted by Gasteiger charge is 2.01. The second-order valence-electron chi connectivity index (χ2n) is 3.27. The summed E-state index contributed by atoms with van der Waals surface area (Å²) in [5.74, 6) is 0.861. The molecule has 3 nitrogen and oxygen atoms in total. The summed E-state index contributed by atoms with van der Waals surface area (Å²) in [5, 5.41) is 0. The predicted octanol–water partition coefficient (Wildman–Crippen LogP) is 1.94. The maximum Gasteiger partial charge on any atom is 0.119 e. The van der Waals surface area contributed by atoms with Gasteiger partial charge in [0.25, 0.3) is 0 Å². The van der Waals surface area contributed by atoms with E-state index in [-0.39, 0.29) is 0 Å². The van der Waals surface area contributed by atoms with E-state index in [1.807, 2.05) is 42.6 Å². The summed E-state index contributed by atoms with van der Waals surface area (Å²) in [6.07, 6.45) is 2.00. The fourth-order valence-corrected chi connectivity index (χ4v) is 1.58. The standard InChI is InChI=1S/C12H14N2O/c1-15-12-6-4-10(5-7-12)14-8-2-3-11(14)9-13/h2-8H,9,13H2,1H3. The molecule has 0 bridgehead atoms. The molecule has 0 atom stereocenters. The molecule has 2 aromatic rings. The Morgan fingerprint density at radius 2 is 1.93 bits per heavy atom. The first-order valence-corrected chi connectivity index (χ1v) is 4.86. The Labute approximate surface area is 89.1 Å². The Balaban J connectivity index is 2.37. The zero-order valence-electron chi connectivity index (χ0n) is 8.68. The molecular formula is C12H14N2O. The topological polar surface area (TPSA) is 40.2 Å². The molecular weight excluding hydrogens is 188 g/mol. The van der Waals surface area contributed by atoms with Crippen molar-refractivity contribution in [3.63, 3.8) is 0 Å². The van der Waals surface area contributed by atoms with E-state index < -0.39 is 0 Å². The van der Waals surface area contributed by atoms with Crippen LogP contribution in [0.2, 0.25) is 0 Å². The Morgan fingerprint density at radius 1 is 1.20 bits per heavy atom. The molecule has 2 rings (SSSR count). The Morgan fingerprint density at radius 3 is 2.53 bits per heavy atom. The van der Waals surface area contributed by atoms with Crippen LogP contribution in [0.5, 0.6) is 5.75 Å². The normalized spacial score (nSPS) is 10.3. The van der Waals surface area contributed by atoms with E-state index in [0.29, 0.717) is 6.54 Å². The van der Waals surface area contributed by atoms with Gasteiger partial charge in [0.15, 0.2) is 0 Å². The van der Waals surface area contributed by atoms with Crippen molar-refractivity contribution in [3.05, 3.63) is 48.3 Å². The lowest BCUT2D eigenvalue weighted by Crippen LogP contribution is -2.04. The number of benzene rings is 1. The van der Waals surface area contributed by atoms with Crippen molar-refractivity contribution in [1.29, 1.82) is 0 Å². The van der Waals surface area contributed by atoms with Gasteiger partial charge >= 0.3 is 0 Å². The summed E-state index contributed by atoms with van der Waals surface area (Å²) in [4.78, 5) is 0. The summed E-state index contributed by atoms with van der Waals surface area (Å²) in [7, 11) is 1.66. The van der Waals surface area contributed by atoms with Gasteiger partial charge in [0.2, 0.25) is 0 Å². The van der Waals surface area contributed by atoms with Gasteiger partial charge in [0.1, 0.15) is 5.75 Å². The fourth-order valence-electron chi connectivity index (χ4n) is 1.58. The lowest BCUT2D eigenvalue weighted by Gasteiger charge is -2.08. The molecule has 0 aliphatic heterocycles. The minimum Gasteiger partial charge on any atom is -0.497 e. The summed E-state index contributed by atoms with van der Waals surface area (Å²) < 4.78 is 7.18. The van der Waals surface area contributed by atoms with Gasteiger partial charge in [-0.2, -0.15) is 0 Å². The number of aromatic nitrogens is 1. The summed E-state index contributed by atoms with van der Waals surface area (Å²) in [5.41, 5.74) is 7.84. The molecule has 3 heteroatoms. The number of rotatable bonds is 3. The maximum absolute atomic E-state index is 5.64. The zero-order valence-corrected chi connectivity index (χ0v) is 8.68. The molecule has 1 heterocycles. The highest BCUT2D eigenvalue weighted by atomic mass is 16.5. The first-order valence-electron chi connectivity index (χ1n) is 4.86. The second kappa shape index (κ2) is 4.19. The van der Waals surface area contributed by atoms with Gasteiger partial charge in [-0.1, -0.05) is 0 Å². The van der Waals surface area contributed by atoms with Crippen molar-refractivity contribution in [2.45, 2.75) is 6.54 Å². The molecule has 2 N–H and O–H groups in total. The SMILES string of the molecule is COc1ccc(-n2cccc2CN)cc1. The highest BCUT2D eigenvalue weighted by Crippen LogP contribution is 2.16. The molecule has 0 aliphatic rings. The van der Waals surface area contributed by atoms with E-state index >= 15 is 0 Å². The molecule has 0 unspecified atom stereocenters. The van der Waals surface area contributed by atoms with Gasteiger partial charge in [-0.15, -0.1) is 0 Å². The Kier molecular flexibility index (Phi) is 2.74. The van der Waals surface area contributed by atoms with E-state index in [0.717, 1.165) is 17.1 Å². The number of nitrogens with two attached hydrogens (primary N) is 1. The zero-order chi connectivity index (χ0) is 10.7. The minimum atomic E-state index is 0.541.